The van der Waals surface area contributed by atoms with Gasteiger partial charge >= 0.3 is 0 Å². The molecule has 2 rings (SSSR count). The Bertz CT molecular complexity index is 355. The van der Waals surface area contributed by atoms with E-state index in [-0.39, 0.29) is 18.1 Å². The summed E-state index contributed by atoms with van der Waals surface area (Å²) in [5.41, 5.74) is 12.3. The Labute approximate surface area is 93.6 Å². The molecule has 86 valence electrons. The van der Waals surface area contributed by atoms with Crippen molar-refractivity contribution in [2.75, 3.05) is 0 Å². The Morgan fingerprint density at radius 1 is 1.50 bits per heavy atom. The van der Waals surface area contributed by atoms with Crippen LogP contribution in [0.2, 0.25) is 0 Å². The summed E-state index contributed by atoms with van der Waals surface area (Å²) in [4.78, 5) is 15.6. The van der Waals surface area contributed by atoms with Gasteiger partial charge in [-0.2, -0.15) is 0 Å². The fourth-order valence-corrected chi connectivity index (χ4v) is 1.57. The van der Waals surface area contributed by atoms with Crippen molar-refractivity contribution in [2.45, 2.75) is 25.2 Å². The second kappa shape index (κ2) is 5.02. The molecule has 1 aromatic heterocycles. The van der Waals surface area contributed by atoms with Gasteiger partial charge in [-0.1, -0.05) is 0 Å². The highest BCUT2D eigenvalue weighted by Gasteiger charge is 2.26. The summed E-state index contributed by atoms with van der Waals surface area (Å²) in [5.74, 6) is -0.0442. The van der Waals surface area contributed by atoms with Crippen molar-refractivity contribution in [3.8, 4) is 0 Å². The van der Waals surface area contributed by atoms with Crippen LogP contribution in [-0.2, 0) is 11.3 Å². The SMILES string of the molecule is NC1CC(C(=O)NCc2ccncc2)NN1. The predicted octanol–water partition coefficient (Wildman–Crippen LogP) is -1.15. The van der Waals surface area contributed by atoms with E-state index in [0.717, 1.165) is 5.56 Å². The molecule has 1 aliphatic rings. The van der Waals surface area contributed by atoms with Crippen molar-refractivity contribution in [1.82, 2.24) is 21.2 Å². The molecule has 1 aliphatic heterocycles. The highest BCUT2D eigenvalue weighted by atomic mass is 16.2. The first-order chi connectivity index (χ1) is 7.75. The van der Waals surface area contributed by atoms with Crippen LogP contribution in [0.5, 0.6) is 0 Å². The molecule has 0 aliphatic carbocycles. The van der Waals surface area contributed by atoms with Gasteiger partial charge in [0, 0.05) is 25.4 Å². The first-order valence-electron chi connectivity index (χ1n) is 5.19. The van der Waals surface area contributed by atoms with Crippen LogP contribution in [0, 0.1) is 0 Å². The number of carbonyl (C=O) groups is 1. The fraction of sp³-hybridized carbons (Fsp3) is 0.400. The number of aromatic nitrogens is 1. The summed E-state index contributed by atoms with van der Waals surface area (Å²) in [6.45, 7) is 0.509. The van der Waals surface area contributed by atoms with Crippen molar-refractivity contribution in [3.05, 3.63) is 30.1 Å². The molecule has 2 heterocycles. The molecule has 0 saturated carbocycles. The lowest BCUT2D eigenvalue weighted by atomic mass is 10.2. The van der Waals surface area contributed by atoms with E-state index in [9.17, 15) is 4.79 Å². The second-order valence-corrected chi connectivity index (χ2v) is 3.76. The van der Waals surface area contributed by atoms with Crippen molar-refractivity contribution < 1.29 is 4.79 Å². The average molecular weight is 221 g/mol. The lowest BCUT2D eigenvalue weighted by Gasteiger charge is -2.10. The van der Waals surface area contributed by atoms with Crippen molar-refractivity contribution >= 4 is 5.91 Å². The highest BCUT2D eigenvalue weighted by molar-refractivity contribution is 5.81. The zero-order valence-electron chi connectivity index (χ0n) is 8.81. The van der Waals surface area contributed by atoms with Gasteiger partial charge in [-0.3, -0.25) is 9.78 Å². The molecule has 2 unspecified atom stereocenters. The minimum atomic E-state index is -0.253. The van der Waals surface area contributed by atoms with Crippen LogP contribution in [-0.4, -0.2) is 23.1 Å². The third-order valence-corrected chi connectivity index (χ3v) is 2.47. The van der Waals surface area contributed by atoms with Gasteiger partial charge in [0.05, 0.1) is 6.17 Å². The predicted molar refractivity (Wildman–Crippen MR) is 58.7 cm³/mol. The number of amides is 1. The van der Waals surface area contributed by atoms with E-state index in [1.807, 2.05) is 12.1 Å². The minimum Gasteiger partial charge on any atom is -0.351 e. The maximum atomic E-state index is 11.7. The monoisotopic (exact) mass is 221 g/mol. The molecule has 6 nitrogen and oxygen atoms in total. The average Bonchev–Trinajstić information content (AvgIpc) is 2.74. The first kappa shape index (κ1) is 11.0. The molecule has 0 radical (unpaired) electrons. The topological polar surface area (TPSA) is 92.1 Å². The molecule has 0 spiro atoms. The summed E-state index contributed by atoms with van der Waals surface area (Å²) >= 11 is 0. The third-order valence-electron chi connectivity index (χ3n) is 2.47. The van der Waals surface area contributed by atoms with Crippen LogP contribution < -0.4 is 21.9 Å². The Morgan fingerprint density at radius 2 is 2.25 bits per heavy atom. The van der Waals surface area contributed by atoms with Crippen LogP contribution in [0.3, 0.4) is 0 Å². The summed E-state index contributed by atoms with van der Waals surface area (Å²) in [5, 5.41) is 2.84. The van der Waals surface area contributed by atoms with E-state index in [2.05, 4.69) is 21.2 Å². The Balaban J connectivity index is 1.80. The van der Waals surface area contributed by atoms with Crippen LogP contribution in [0.15, 0.2) is 24.5 Å². The second-order valence-electron chi connectivity index (χ2n) is 3.76. The number of rotatable bonds is 3. The number of nitrogens with one attached hydrogen (secondary N) is 3. The number of pyridine rings is 1. The van der Waals surface area contributed by atoms with Gasteiger partial charge in [0.15, 0.2) is 0 Å². The largest absolute Gasteiger partial charge is 0.351 e. The number of hydrogen-bond donors (Lipinski definition) is 4. The Kier molecular flexibility index (Phi) is 3.45. The highest BCUT2D eigenvalue weighted by Crippen LogP contribution is 2.01. The Hall–Kier alpha value is -1.50. The van der Waals surface area contributed by atoms with Crippen molar-refractivity contribution in [2.24, 2.45) is 5.73 Å². The van der Waals surface area contributed by atoms with Crippen LogP contribution in [0.4, 0.5) is 0 Å². The van der Waals surface area contributed by atoms with Crippen LogP contribution in [0.1, 0.15) is 12.0 Å². The van der Waals surface area contributed by atoms with E-state index >= 15 is 0 Å². The first-order valence-corrected chi connectivity index (χ1v) is 5.19. The molecule has 2 atom stereocenters. The molecule has 16 heavy (non-hydrogen) atoms. The van der Waals surface area contributed by atoms with E-state index < -0.39 is 0 Å². The summed E-state index contributed by atoms with van der Waals surface area (Å²) in [6.07, 6.45) is 3.85. The van der Waals surface area contributed by atoms with E-state index in [1.54, 1.807) is 12.4 Å². The van der Waals surface area contributed by atoms with Gasteiger partial charge in [0.25, 0.3) is 0 Å². The van der Waals surface area contributed by atoms with E-state index in [4.69, 9.17) is 5.73 Å². The van der Waals surface area contributed by atoms with Gasteiger partial charge in [0.2, 0.25) is 5.91 Å². The molecule has 1 aromatic rings. The molecule has 5 N–H and O–H groups in total. The van der Waals surface area contributed by atoms with Crippen LogP contribution >= 0.6 is 0 Å². The van der Waals surface area contributed by atoms with Gasteiger partial charge in [-0.15, -0.1) is 0 Å². The lowest BCUT2D eigenvalue weighted by Crippen LogP contribution is -2.43. The minimum absolute atomic E-state index is 0.0442. The molecular weight excluding hydrogens is 206 g/mol. The lowest BCUT2D eigenvalue weighted by molar-refractivity contribution is -0.123. The Morgan fingerprint density at radius 3 is 2.88 bits per heavy atom. The fourth-order valence-electron chi connectivity index (χ4n) is 1.57. The normalized spacial score (nSPS) is 24.3. The maximum Gasteiger partial charge on any atom is 0.238 e. The van der Waals surface area contributed by atoms with Crippen molar-refractivity contribution in [3.63, 3.8) is 0 Å². The van der Waals surface area contributed by atoms with Gasteiger partial charge in [0.1, 0.15) is 6.04 Å². The van der Waals surface area contributed by atoms with Crippen LogP contribution in [0.25, 0.3) is 0 Å². The molecule has 0 aromatic carbocycles. The number of hydrazine groups is 1. The summed E-state index contributed by atoms with van der Waals surface area (Å²) in [6, 6.07) is 3.48. The number of carbonyl (C=O) groups excluding carboxylic acids is 1. The number of nitrogens with zero attached hydrogens (tertiary/aromatic N) is 1. The molecule has 1 fully saturated rings. The zero-order valence-corrected chi connectivity index (χ0v) is 8.81. The summed E-state index contributed by atoms with van der Waals surface area (Å²) < 4.78 is 0. The van der Waals surface area contributed by atoms with Gasteiger partial charge in [-0.05, 0) is 17.7 Å². The van der Waals surface area contributed by atoms with E-state index in [1.165, 1.54) is 0 Å². The quantitative estimate of drug-likeness (QED) is 0.517. The number of hydrogen-bond acceptors (Lipinski definition) is 5. The molecule has 6 heteroatoms. The summed E-state index contributed by atoms with van der Waals surface area (Å²) in [7, 11) is 0. The standard InChI is InChI=1S/C10H15N5O/c11-9-5-8(14-15-9)10(16)13-6-7-1-3-12-4-2-7/h1-4,8-9,14-15H,5-6,11H2,(H,13,16). The van der Waals surface area contributed by atoms with Crippen molar-refractivity contribution in [1.29, 1.82) is 0 Å². The molecule has 1 amide bonds. The maximum absolute atomic E-state index is 11.7. The smallest absolute Gasteiger partial charge is 0.238 e. The number of nitrogens with two attached hydrogens (primary N) is 1. The molecule has 1 saturated heterocycles. The van der Waals surface area contributed by atoms with E-state index in [0.29, 0.717) is 13.0 Å². The van der Waals surface area contributed by atoms with Gasteiger partial charge in [-0.25, -0.2) is 10.9 Å². The third kappa shape index (κ3) is 2.75. The zero-order chi connectivity index (χ0) is 11.4. The van der Waals surface area contributed by atoms with Gasteiger partial charge < -0.3 is 11.1 Å². The molecular formula is C10H15N5O. The molecule has 0 bridgehead atoms.